The van der Waals surface area contributed by atoms with Crippen LogP contribution in [-0.2, 0) is 6.61 Å². The van der Waals surface area contributed by atoms with Gasteiger partial charge < -0.3 is 15.7 Å². The van der Waals surface area contributed by atoms with Gasteiger partial charge in [-0.1, -0.05) is 17.3 Å². The van der Waals surface area contributed by atoms with Crippen LogP contribution in [0.5, 0.6) is 5.75 Å². The summed E-state index contributed by atoms with van der Waals surface area (Å²) in [6.07, 6.45) is 1.96. The van der Waals surface area contributed by atoms with E-state index in [1.165, 1.54) is 12.1 Å². The predicted molar refractivity (Wildman–Crippen MR) is 81.5 cm³/mol. The third kappa shape index (κ3) is 3.88. The lowest BCUT2D eigenvalue weighted by molar-refractivity contribution is 0.298. The van der Waals surface area contributed by atoms with Crippen molar-refractivity contribution in [3.63, 3.8) is 0 Å². The molecule has 2 rings (SSSR count). The molecule has 0 aliphatic carbocycles. The highest BCUT2D eigenvalue weighted by atomic mass is 32.2. The van der Waals surface area contributed by atoms with Crippen molar-refractivity contribution in [3.05, 3.63) is 59.4 Å². The van der Waals surface area contributed by atoms with Crippen molar-refractivity contribution >= 4 is 17.6 Å². The second-order valence-electron chi connectivity index (χ2n) is 4.27. The first-order valence-corrected chi connectivity index (χ1v) is 7.39. The molecule has 0 aliphatic heterocycles. The zero-order valence-corrected chi connectivity index (χ0v) is 12.2. The van der Waals surface area contributed by atoms with Crippen molar-refractivity contribution in [1.29, 1.82) is 0 Å². The van der Waals surface area contributed by atoms with Gasteiger partial charge in [0.05, 0.1) is 0 Å². The van der Waals surface area contributed by atoms with E-state index in [0.717, 1.165) is 10.6 Å². The van der Waals surface area contributed by atoms with Gasteiger partial charge in [0.1, 0.15) is 18.2 Å². The third-order valence-corrected chi connectivity index (χ3v) is 3.60. The molecule has 0 amide bonds. The molecule has 0 saturated carbocycles. The van der Waals surface area contributed by atoms with Gasteiger partial charge in [-0.3, -0.25) is 0 Å². The van der Waals surface area contributed by atoms with E-state index in [2.05, 4.69) is 5.16 Å². The van der Waals surface area contributed by atoms with Crippen LogP contribution in [0.1, 0.15) is 11.1 Å². The standard InChI is InChI=1S/C15H15FN2O2S/c1-21-14-5-3-2-4-13(14)20-9-10-6-11(15(17)18-19)8-12(16)7-10/h2-8,19H,9H2,1H3,(H2,17,18). The monoisotopic (exact) mass is 306 g/mol. The summed E-state index contributed by atoms with van der Waals surface area (Å²) in [6.45, 7) is 0.195. The first-order chi connectivity index (χ1) is 10.1. The second-order valence-corrected chi connectivity index (χ2v) is 5.12. The van der Waals surface area contributed by atoms with Crippen LogP contribution in [0.3, 0.4) is 0 Å². The third-order valence-electron chi connectivity index (χ3n) is 2.82. The fraction of sp³-hybridized carbons (Fsp3) is 0.133. The lowest BCUT2D eigenvalue weighted by Gasteiger charge is -2.10. The van der Waals surface area contributed by atoms with Gasteiger partial charge in [-0.15, -0.1) is 11.8 Å². The molecule has 0 fully saturated rings. The smallest absolute Gasteiger partial charge is 0.170 e. The number of para-hydroxylation sites is 1. The molecule has 2 aromatic rings. The van der Waals surface area contributed by atoms with E-state index >= 15 is 0 Å². The van der Waals surface area contributed by atoms with Gasteiger partial charge in [0.15, 0.2) is 5.84 Å². The molecule has 6 heteroatoms. The summed E-state index contributed by atoms with van der Waals surface area (Å²) in [4.78, 5) is 1.01. The lowest BCUT2D eigenvalue weighted by atomic mass is 10.1. The number of ether oxygens (including phenoxy) is 1. The Balaban J connectivity index is 2.18. The quantitative estimate of drug-likeness (QED) is 0.293. The summed E-state index contributed by atoms with van der Waals surface area (Å²) in [5.41, 5.74) is 6.39. The van der Waals surface area contributed by atoms with Gasteiger partial charge in [-0.05, 0) is 42.2 Å². The molecule has 0 radical (unpaired) electrons. The molecule has 0 spiro atoms. The van der Waals surface area contributed by atoms with Crippen LogP contribution in [0.25, 0.3) is 0 Å². The number of hydrogen-bond acceptors (Lipinski definition) is 4. The average molecular weight is 306 g/mol. The van der Waals surface area contributed by atoms with Crippen LogP contribution < -0.4 is 10.5 Å². The number of oxime groups is 1. The maximum atomic E-state index is 13.5. The van der Waals surface area contributed by atoms with Crippen molar-refractivity contribution in [3.8, 4) is 5.75 Å². The van der Waals surface area contributed by atoms with Gasteiger partial charge in [0, 0.05) is 10.5 Å². The van der Waals surface area contributed by atoms with Crippen LogP contribution in [0, 0.1) is 5.82 Å². The Bertz CT molecular complexity index is 662. The number of halogens is 1. The molecule has 0 saturated heterocycles. The largest absolute Gasteiger partial charge is 0.488 e. The Kier molecular flexibility index (Phi) is 5.05. The van der Waals surface area contributed by atoms with Crippen molar-refractivity contribution in [2.45, 2.75) is 11.5 Å². The van der Waals surface area contributed by atoms with E-state index < -0.39 is 5.82 Å². The van der Waals surface area contributed by atoms with E-state index in [4.69, 9.17) is 15.7 Å². The predicted octanol–water partition coefficient (Wildman–Crippen LogP) is 3.22. The first-order valence-electron chi connectivity index (χ1n) is 6.17. The number of benzene rings is 2. The van der Waals surface area contributed by atoms with Crippen LogP contribution in [0.2, 0.25) is 0 Å². The molecule has 0 bridgehead atoms. The lowest BCUT2D eigenvalue weighted by Crippen LogP contribution is -2.14. The number of nitrogens with zero attached hydrogens (tertiary/aromatic N) is 1. The van der Waals surface area contributed by atoms with Gasteiger partial charge in [0.25, 0.3) is 0 Å². The maximum absolute atomic E-state index is 13.5. The Labute approximate surface area is 126 Å². The van der Waals surface area contributed by atoms with Crippen LogP contribution in [0.4, 0.5) is 4.39 Å². The summed E-state index contributed by atoms with van der Waals surface area (Å²) in [5.74, 6) is 0.135. The van der Waals surface area contributed by atoms with Crippen molar-refractivity contribution in [2.75, 3.05) is 6.26 Å². The summed E-state index contributed by atoms with van der Waals surface area (Å²) in [5, 5.41) is 11.5. The summed E-state index contributed by atoms with van der Waals surface area (Å²) >= 11 is 1.57. The summed E-state index contributed by atoms with van der Waals surface area (Å²) < 4.78 is 19.3. The molecular formula is C15H15FN2O2S. The molecular weight excluding hydrogens is 291 g/mol. The number of hydrogen-bond donors (Lipinski definition) is 2. The van der Waals surface area contributed by atoms with E-state index in [0.29, 0.717) is 11.1 Å². The minimum Gasteiger partial charge on any atom is -0.488 e. The fourth-order valence-electron chi connectivity index (χ4n) is 1.84. The zero-order chi connectivity index (χ0) is 15.2. The topological polar surface area (TPSA) is 67.8 Å². The summed E-state index contributed by atoms with van der Waals surface area (Å²) in [6, 6.07) is 11.8. The van der Waals surface area contributed by atoms with Crippen LogP contribution >= 0.6 is 11.8 Å². The molecule has 4 nitrogen and oxygen atoms in total. The molecule has 0 aromatic heterocycles. The Morgan fingerprint density at radius 3 is 2.81 bits per heavy atom. The van der Waals surface area contributed by atoms with E-state index in [1.54, 1.807) is 17.8 Å². The van der Waals surface area contributed by atoms with Crippen molar-refractivity contribution in [1.82, 2.24) is 0 Å². The SMILES string of the molecule is CSc1ccccc1OCc1cc(F)cc(/C(N)=N/O)c1. The molecule has 21 heavy (non-hydrogen) atoms. The van der Waals surface area contributed by atoms with Crippen molar-refractivity contribution in [2.24, 2.45) is 10.9 Å². The normalized spacial score (nSPS) is 11.4. The summed E-state index contributed by atoms with van der Waals surface area (Å²) in [7, 11) is 0. The molecule has 2 aromatic carbocycles. The number of thioether (sulfide) groups is 1. The maximum Gasteiger partial charge on any atom is 0.170 e. The zero-order valence-electron chi connectivity index (χ0n) is 11.4. The first kappa shape index (κ1) is 15.2. The molecule has 110 valence electrons. The molecule has 3 N–H and O–H groups in total. The highest BCUT2D eigenvalue weighted by Crippen LogP contribution is 2.27. The molecule has 0 aliphatic rings. The minimum absolute atomic E-state index is 0.139. The minimum atomic E-state index is -0.462. The fourth-order valence-corrected chi connectivity index (χ4v) is 2.38. The van der Waals surface area contributed by atoms with Gasteiger partial charge >= 0.3 is 0 Å². The molecule has 0 atom stereocenters. The van der Waals surface area contributed by atoms with E-state index in [9.17, 15) is 4.39 Å². The van der Waals surface area contributed by atoms with Gasteiger partial charge in [-0.2, -0.15) is 0 Å². The van der Waals surface area contributed by atoms with E-state index in [1.807, 2.05) is 30.5 Å². The van der Waals surface area contributed by atoms with Crippen LogP contribution in [0.15, 0.2) is 52.5 Å². The average Bonchev–Trinajstić information content (AvgIpc) is 2.51. The number of rotatable bonds is 5. The number of nitrogens with two attached hydrogens (primary N) is 1. The number of amidine groups is 1. The molecule has 0 heterocycles. The highest BCUT2D eigenvalue weighted by Gasteiger charge is 2.07. The molecule has 0 unspecified atom stereocenters. The van der Waals surface area contributed by atoms with E-state index in [-0.39, 0.29) is 12.4 Å². The second kappa shape index (κ2) is 6.99. The Hall–Kier alpha value is -2.21. The van der Waals surface area contributed by atoms with Gasteiger partial charge in [-0.25, -0.2) is 4.39 Å². The highest BCUT2D eigenvalue weighted by molar-refractivity contribution is 7.98. The van der Waals surface area contributed by atoms with Crippen molar-refractivity contribution < 1.29 is 14.3 Å². The van der Waals surface area contributed by atoms with Gasteiger partial charge in [0.2, 0.25) is 0 Å². The van der Waals surface area contributed by atoms with Crippen LogP contribution in [-0.4, -0.2) is 17.3 Å². The Morgan fingerprint density at radius 2 is 2.10 bits per heavy atom. The Morgan fingerprint density at radius 1 is 1.33 bits per heavy atom.